The van der Waals surface area contributed by atoms with Crippen molar-refractivity contribution in [2.24, 2.45) is 0 Å². The first-order valence-electron chi connectivity index (χ1n) is 4.73. The molecular weight excluding hydrogens is 418 g/mol. The summed E-state index contributed by atoms with van der Waals surface area (Å²) >= 11 is 13.9. The Hall–Kier alpha value is 0.420. The number of aryl methyl sites for hydroxylation is 1. The fraction of sp³-hybridized carbons (Fsp3) is 0.167. The van der Waals surface area contributed by atoms with E-state index in [0.717, 1.165) is 8.59 Å². The van der Waals surface area contributed by atoms with Crippen LogP contribution in [0.2, 0.25) is 5.02 Å². The molecule has 1 heterocycles. The maximum Gasteiger partial charge on any atom is 0.0738 e. The molecule has 1 unspecified atom stereocenters. The Morgan fingerprint density at radius 1 is 1.31 bits per heavy atom. The van der Waals surface area contributed by atoms with Crippen molar-refractivity contribution in [3.63, 3.8) is 0 Å². The summed E-state index contributed by atoms with van der Waals surface area (Å²) in [5, 5.41) is 0.816. The van der Waals surface area contributed by atoms with E-state index >= 15 is 0 Å². The minimum Gasteiger partial charge on any atom is -0.144 e. The van der Waals surface area contributed by atoms with Gasteiger partial charge in [0.1, 0.15) is 0 Å². The smallest absolute Gasteiger partial charge is 0.0738 e. The lowest BCUT2D eigenvalue weighted by molar-refractivity contribution is 1.22. The number of alkyl halides is 1. The average Bonchev–Trinajstić information content (AvgIpc) is 2.68. The Morgan fingerprint density at radius 2 is 2.06 bits per heavy atom. The van der Waals surface area contributed by atoms with Crippen molar-refractivity contribution in [1.82, 2.24) is 0 Å². The summed E-state index contributed by atoms with van der Waals surface area (Å²) in [5.74, 6) is 0. The molecule has 0 aliphatic heterocycles. The molecule has 0 nitrogen and oxygen atoms in total. The van der Waals surface area contributed by atoms with Gasteiger partial charge < -0.3 is 0 Å². The summed E-state index contributed by atoms with van der Waals surface area (Å²) in [6.07, 6.45) is 0. The Labute approximate surface area is 126 Å². The maximum absolute atomic E-state index is 6.13. The summed E-state index contributed by atoms with van der Waals surface area (Å²) in [7, 11) is 0. The van der Waals surface area contributed by atoms with E-state index in [9.17, 15) is 0 Å². The molecule has 2 aromatic rings. The van der Waals surface area contributed by atoms with Crippen LogP contribution in [0.3, 0.4) is 0 Å². The molecule has 84 valence electrons. The topological polar surface area (TPSA) is 0 Å². The van der Waals surface area contributed by atoms with Crippen LogP contribution in [0.25, 0.3) is 0 Å². The van der Waals surface area contributed by atoms with Gasteiger partial charge in [0.25, 0.3) is 0 Å². The van der Waals surface area contributed by atoms with Crippen LogP contribution in [0, 0.1) is 10.5 Å². The lowest BCUT2D eigenvalue weighted by Crippen LogP contribution is -1.90. The number of rotatable bonds is 2. The zero-order chi connectivity index (χ0) is 11.7. The highest BCUT2D eigenvalue weighted by Crippen LogP contribution is 2.36. The molecule has 1 aromatic carbocycles. The van der Waals surface area contributed by atoms with E-state index in [2.05, 4.69) is 63.6 Å². The van der Waals surface area contributed by atoms with Crippen molar-refractivity contribution in [3.05, 3.63) is 54.2 Å². The molecule has 0 aliphatic rings. The normalized spacial score (nSPS) is 12.8. The predicted molar refractivity (Wildman–Crippen MR) is 84.0 cm³/mol. The van der Waals surface area contributed by atoms with Gasteiger partial charge in [-0.05, 0) is 59.3 Å². The molecule has 0 saturated carbocycles. The largest absolute Gasteiger partial charge is 0.144 e. The first kappa shape index (κ1) is 12.9. The minimum absolute atomic E-state index is 0.237. The van der Waals surface area contributed by atoms with Gasteiger partial charge in [0.05, 0.1) is 9.85 Å². The number of halogens is 3. The maximum atomic E-state index is 6.13. The van der Waals surface area contributed by atoms with Crippen molar-refractivity contribution in [3.8, 4) is 0 Å². The van der Waals surface area contributed by atoms with Crippen molar-refractivity contribution in [2.45, 2.75) is 11.8 Å². The molecule has 0 saturated heterocycles. The zero-order valence-corrected chi connectivity index (χ0v) is 13.8. The van der Waals surface area contributed by atoms with Gasteiger partial charge in [-0.25, -0.2) is 0 Å². The summed E-state index contributed by atoms with van der Waals surface area (Å²) in [5.41, 5.74) is 1.20. The number of benzene rings is 1. The van der Waals surface area contributed by atoms with Gasteiger partial charge in [-0.3, -0.25) is 0 Å². The lowest BCUT2D eigenvalue weighted by Gasteiger charge is -2.09. The van der Waals surface area contributed by atoms with Crippen LogP contribution in [0.1, 0.15) is 20.1 Å². The van der Waals surface area contributed by atoms with Crippen LogP contribution in [0.5, 0.6) is 0 Å². The molecule has 4 heteroatoms. The Kier molecular flexibility index (Phi) is 4.32. The van der Waals surface area contributed by atoms with E-state index in [4.69, 9.17) is 11.6 Å². The molecule has 0 N–H and O–H groups in total. The SMILES string of the molecule is Cc1ccc(C(Br)c2ccc(I)c(Cl)c2)s1. The Bertz CT molecular complexity index is 509. The van der Waals surface area contributed by atoms with Crippen molar-refractivity contribution >= 4 is 61.5 Å². The quantitative estimate of drug-likeness (QED) is 0.420. The van der Waals surface area contributed by atoms with Crippen molar-refractivity contribution in [1.29, 1.82) is 0 Å². The van der Waals surface area contributed by atoms with E-state index in [1.165, 1.54) is 15.3 Å². The standard InChI is InChI=1S/C12H9BrClIS/c1-7-2-5-11(16-7)12(13)8-3-4-10(15)9(14)6-8/h2-6,12H,1H3. The highest BCUT2D eigenvalue weighted by Gasteiger charge is 2.13. The molecule has 0 radical (unpaired) electrons. The molecule has 0 amide bonds. The van der Waals surface area contributed by atoms with E-state index < -0.39 is 0 Å². The summed E-state index contributed by atoms with van der Waals surface area (Å²) in [4.78, 5) is 2.88. The zero-order valence-electron chi connectivity index (χ0n) is 8.51. The monoisotopic (exact) mass is 426 g/mol. The molecule has 0 fully saturated rings. The van der Waals surface area contributed by atoms with Crippen LogP contribution in [-0.4, -0.2) is 0 Å². The summed E-state index contributed by atoms with van der Waals surface area (Å²) in [6, 6.07) is 10.5. The van der Waals surface area contributed by atoms with Crippen molar-refractivity contribution in [2.75, 3.05) is 0 Å². The molecule has 16 heavy (non-hydrogen) atoms. The molecule has 1 aromatic heterocycles. The molecule has 0 aliphatic carbocycles. The van der Waals surface area contributed by atoms with Gasteiger partial charge >= 0.3 is 0 Å². The van der Waals surface area contributed by atoms with Crippen LogP contribution >= 0.6 is 61.5 Å². The molecular formula is C12H9BrClIS. The first-order valence-corrected chi connectivity index (χ1v) is 7.92. The minimum atomic E-state index is 0.237. The van der Waals surface area contributed by atoms with E-state index in [0.29, 0.717) is 0 Å². The highest BCUT2D eigenvalue weighted by atomic mass is 127. The van der Waals surface area contributed by atoms with Crippen LogP contribution < -0.4 is 0 Å². The third-order valence-electron chi connectivity index (χ3n) is 2.25. The fourth-order valence-electron chi connectivity index (χ4n) is 1.42. The van der Waals surface area contributed by atoms with Gasteiger partial charge in [0.2, 0.25) is 0 Å². The second-order valence-corrected chi connectivity index (χ2v) is 7.29. The third kappa shape index (κ3) is 2.81. The van der Waals surface area contributed by atoms with Gasteiger partial charge in [-0.1, -0.05) is 33.6 Å². The van der Waals surface area contributed by atoms with E-state index in [1.807, 2.05) is 23.5 Å². The van der Waals surface area contributed by atoms with Gasteiger partial charge in [-0.15, -0.1) is 11.3 Å². The highest BCUT2D eigenvalue weighted by molar-refractivity contribution is 14.1. The van der Waals surface area contributed by atoms with Gasteiger partial charge in [-0.2, -0.15) is 0 Å². The summed E-state index contributed by atoms with van der Waals surface area (Å²) in [6.45, 7) is 2.12. The molecule has 1 atom stereocenters. The Balaban J connectivity index is 2.33. The third-order valence-corrected chi connectivity index (χ3v) is 6.21. The lowest BCUT2D eigenvalue weighted by atomic mass is 10.1. The number of thiophene rings is 1. The second-order valence-electron chi connectivity index (χ2n) is 3.48. The van der Waals surface area contributed by atoms with Gasteiger partial charge in [0, 0.05) is 13.3 Å². The van der Waals surface area contributed by atoms with Crippen LogP contribution in [-0.2, 0) is 0 Å². The second kappa shape index (κ2) is 5.38. The number of hydrogen-bond acceptors (Lipinski definition) is 1. The fourth-order valence-corrected chi connectivity index (χ4v) is 3.55. The molecule has 0 spiro atoms. The first-order chi connectivity index (χ1) is 7.58. The average molecular weight is 428 g/mol. The van der Waals surface area contributed by atoms with E-state index in [1.54, 1.807) is 0 Å². The summed E-state index contributed by atoms with van der Waals surface area (Å²) < 4.78 is 1.09. The van der Waals surface area contributed by atoms with E-state index in [-0.39, 0.29) is 4.83 Å². The van der Waals surface area contributed by atoms with Crippen LogP contribution in [0.15, 0.2) is 30.3 Å². The predicted octanol–water partition coefficient (Wildman–Crippen LogP) is 5.80. The molecule has 2 rings (SSSR count). The van der Waals surface area contributed by atoms with Gasteiger partial charge in [0.15, 0.2) is 0 Å². The number of hydrogen-bond donors (Lipinski definition) is 0. The Morgan fingerprint density at radius 3 is 2.62 bits per heavy atom. The van der Waals surface area contributed by atoms with Crippen LogP contribution in [0.4, 0.5) is 0 Å². The van der Waals surface area contributed by atoms with Crippen molar-refractivity contribution < 1.29 is 0 Å². The molecule has 0 bridgehead atoms.